The lowest BCUT2D eigenvalue weighted by atomic mass is 10.0. The minimum atomic E-state index is -4.48. The third kappa shape index (κ3) is 4.92. The molecule has 3 rings (SSSR count). The lowest BCUT2D eigenvalue weighted by Crippen LogP contribution is -2.16. The number of nitrogens with one attached hydrogen (secondary N) is 3. The third-order valence-electron chi connectivity index (χ3n) is 4.11. The van der Waals surface area contributed by atoms with Gasteiger partial charge in [-0.05, 0) is 35.9 Å². The van der Waals surface area contributed by atoms with Crippen molar-refractivity contribution in [2.24, 2.45) is 5.92 Å². The molecule has 11 heteroatoms. The van der Waals surface area contributed by atoms with Crippen LogP contribution in [0.25, 0.3) is 0 Å². The molecule has 3 N–H and O–H groups in total. The molecule has 0 fully saturated rings. The number of hydrogen-bond acceptors (Lipinski definition) is 4. The fraction of sp³-hybridized carbons (Fsp3) is 0.294. The van der Waals surface area contributed by atoms with Gasteiger partial charge in [0.2, 0.25) is 11.9 Å². The van der Waals surface area contributed by atoms with E-state index < -0.39 is 11.7 Å². The highest BCUT2D eigenvalue weighted by Crippen LogP contribution is 2.34. The zero-order chi connectivity index (χ0) is 20.5. The Hall–Kier alpha value is -1.90. The first kappa shape index (κ1) is 20.8. The lowest BCUT2D eigenvalue weighted by Gasteiger charge is -2.20. The highest BCUT2D eigenvalue weighted by atomic mass is 35.5. The van der Waals surface area contributed by atoms with Crippen molar-refractivity contribution in [3.63, 3.8) is 0 Å². The topological polar surface area (TPSA) is 65.6 Å². The van der Waals surface area contributed by atoms with Crippen LogP contribution in [-0.4, -0.2) is 20.6 Å². The quantitative estimate of drug-likeness (QED) is 0.504. The van der Waals surface area contributed by atoms with Crippen molar-refractivity contribution in [3.8, 4) is 0 Å². The SMILES string of the molecule is CC1C(Cl)=CC(Nc2n[nH]c(NCc3cc(Cl)ccc3C(F)(F)F)n2)=CC1Cl. The van der Waals surface area contributed by atoms with Crippen LogP contribution in [0.15, 0.2) is 41.1 Å². The van der Waals surface area contributed by atoms with E-state index in [1.807, 2.05) is 6.92 Å². The zero-order valence-electron chi connectivity index (χ0n) is 14.4. The molecule has 2 aromatic rings. The molecule has 28 heavy (non-hydrogen) atoms. The number of H-pyrrole nitrogens is 1. The fourth-order valence-electron chi connectivity index (χ4n) is 2.56. The number of alkyl halides is 4. The van der Waals surface area contributed by atoms with Crippen LogP contribution in [0, 0.1) is 5.92 Å². The van der Waals surface area contributed by atoms with Gasteiger partial charge in [-0.2, -0.15) is 18.2 Å². The number of nitrogens with zero attached hydrogens (tertiary/aromatic N) is 2. The highest BCUT2D eigenvalue weighted by Gasteiger charge is 2.33. The van der Waals surface area contributed by atoms with E-state index in [1.165, 1.54) is 12.1 Å². The molecule has 0 aliphatic heterocycles. The second kappa shape index (κ2) is 8.23. The monoisotopic (exact) mass is 451 g/mol. The molecule has 5 nitrogen and oxygen atoms in total. The Bertz CT molecular complexity index is 923. The predicted octanol–water partition coefficient (Wildman–Crippen LogP) is 5.76. The van der Waals surface area contributed by atoms with Gasteiger partial charge in [-0.3, -0.25) is 0 Å². The Morgan fingerprint density at radius 1 is 1.25 bits per heavy atom. The molecule has 1 aliphatic carbocycles. The van der Waals surface area contributed by atoms with Gasteiger partial charge in [0.15, 0.2) is 0 Å². The van der Waals surface area contributed by atoms with Crippen molar-refractivity contribution in [3.05, 3.63) is 57.2 Å². The lowest BCUT2D eigenvalue weighted by molar-refractivity contribution is -0.138. The third-order valence-corrected chi connectivity index (χ3v) is 5.30. The van der Waals surface area contributed by atoms with Gasteiger partial charge in [-0.15, -0.1) is 16.7 Å². The minimum Gasteiger partial charge on any atom is -0.350 e. The summed E-state index contributed by atoms with van der Waals surface area (Å²) < 4.78 is 39.3. The van der Waals surface area contributed by atoms with Crippen molar-refractivity contribution >= 4 is 46.7 Å². The Balaban J connectivity index is 1.68. The largest absolute Gasteiger partial charge is 0.416 e. The summed E-state index contributed by atoms with van der Waals surface area (Å²) in [6.45, 7) is 1.77. The summed E-state index contributed by atoms with van der Waals surface area (Å²) in [5.41, 5.74) is -0.144. The van der Waals surface area contributed by atoms with Crippen LogP contribution in [0.4, 0.5) is 25.1 Å². The second-order valence-corrected chi connectivity index (χ2v) is 7.55. The first-order valence-electron chi connectivity index (χ1n) is 8.15. The molecule has 0 saturated carbocycles. The molecule has 1 aromatic heterocycles. The Labute approximate surface area is 174 Å². The van der Waals surface area contributed by atoms with Gasteiger partial charge in [0, 0.05) is 28.2 Å². The molecule has 0 amide bonds. The van der Waals surface area contributed by atoms with E-state index in [4.69, 9.17) is 34.8 Å². The first-order chi connectivity index (χ1) is 13.1. The van der Waals surface area contributed by atoms with Gasteiger partial charge in [-0.1, -0.05) is 30.1 Å². The fourth-order valence-corrected chi connectivity index (χ4v) is 3.35. The standard InChI is InChI=1S/C17H15Cl3F3N5/c1-8-13(19)5-11(6-14(8)20)25-16-26-15(27-28-16)24-7-9-4-10(18)2-3-12(9)17(21,22)23/h2-6,8,13H,7H2,1H3,(H3,24,25,26,27,28). The van der Waals surface area contributed by atoms with Crippen LogP contribution >= 0.6 is 34.8 Å². The Kier molecular flexibility index (Phi) is 6.12. The molecule has 0 saturated heterocycles. The zero-order valence-corrected chi connectivity index (χ0v) is 16.7. The van der Waals surface area contributed by atoms with E-state index in [2.05, 4.69) is 25.8 Å². The van der Waals surface area contributed by atoms with Crippen LogP contribution in [0.2, 0.25) is 5.02 Å². The summed E-state index contributed by atoms with van der Waals surface area (Å²) >= 11 is 18.2. The van der Waals surface area contributed by atoms with Crippen molar-refractivity contribution in [2.45, 2.75) is 25.0 Å². The van der Waals surface area contributed by atoms with Crippen molar-refractivity contribution in [1.29, 1.82) is 0 Å². The molecule has 150 valence electrons. The van der Waals surface area contributed by atoms with E-state index in [1.54, 1.807) is 12.2 Å². The van der Waals surface area contributed by atoms with Gasteiger partial charge in [0.05, 0.1) is 10.9 Å². The van der Waals surface area contributed by atoms with Gasteiger partial charge >= 0.3 is 6.18 Å². The van der Waals surface area contributed by atoms with E-state index in [-0.39, 0.29) is 40.3 Å². The second-order valence-electron chi connectivity index (χ2n) is 6.17. The molecule has 1 aromatic carbocycles. The molecule has 0 radical (unpaired) electrons. The summed E-state index contributed by atoms with van der Waals surface area (Å²) in [6.07, 6.45) is -0.983. The van der Waals surface area contributed by atoms with E-state index in [0.29, 0.717) is 10.7 Å². The summed E-state index contributed by atoms with van der Waals surface area (Å²) in [5.74, 6) is 0.409. The number of allylic oxidation sites excluding steroid dienone is 3. The van der Waals surface area contributed by atoms with Crippen LogP contribution in [-0.2, 0) is 12.7 Å². The smallest absolute Gasteiger partial charge is 0.350 e. The molecule has 1 heterocycles. The van der Waals surface area contributed by atoms with Crippen molar-refractivity contribution < 1.29 is 13.2 Å². The maximum absolute atomic E-state index is 13.1. The molecule has 2 atom stereocenters. The highest BCUT2D eigenvalue weighted by molar-refractivity contribution is 6.32. The number of benzene rings is 1. The molecular formula is C17H15Cl3F3N5. The summed E-state index contributed by atoms with van der Waals surface area (Å²) in [6, 6.07) is 3.40. The number of hydrogen-bond donors (Lipinski definition) is 3. The normalized spacial score (nSPS) is 19.8. The van der Waals surface area contributed by atoms with Crippen LogP contribution in [0.1, 0.15) is 18.1 Å². The van der Waals surface area contributed by atoms with E-state index in [0.717, 1.165) is 6.07 Å². The van der Waals surface area contributed by atoms with Crippen LogP contribution in [0.5, 0.6) is 0 Å². The molecule has 2 unspecified atom stereocenters. The van der Waals surface area contributed by atoms with Gasteiger partial charge in [-0.25, -0.2) is 5.10 Å². The van der Waals surface area contributed by atoms with E-state index in [9.17, 15) is 13.2 Å². The summed E-state index contributed by atoms with van der Waals surface area (Å²) in [5, 5.41) is 12.8. The van der Waals surface area contributed by atoms with Crippen LogP contribution in [0.3, 0.4) is 0 Å². The number of anilines is 2. The number of aromatic amines is 1. The number of halogens is 6. The average Bonchev–Trinajstić information content (AvgIpc) is 3.04. The van der Waals surface area contributed by atoms with E-state index >= 15 is 0 Å². The van der Waals surface area contributed by atoms with Gasteiger partial charge in [0.1, 0.15) is 0 Å². The number of rotatable bonds is 5. The van der Waals surface area contributed by atoms with Gasteiger partial charge < -0.3 is 10.6 Å². The maximum Gasteiger partial charge on any atom is 0.416 e. The summed E-state index contributed by atoms with van der Waals surface area (Å²) in [7, 11) is 0. The Morgan fingerprint density at radius 2 is 2.00 bits per heavy atom. The Morgan fingerprint density at radius 3 is 2.68 bits per heavy atom. The number of aromatic nitrogens is 3. The predicted molar refractivity (Wildman–Crippen MR) is 105 cm³/mol. The minimum absolute atomic E-state index is 0.00113. The first-order valence-corrected chi connectivity index (χ1v) is 9.34. The average molecular weight is 453 g/mol. The van der Waals surface area contributed by atoms with Gasteiger partial charge in [0.25, 0.3) is 0 Å². The maximum atomic E-state index is 13.1. The molecule has 0 spiro atoms. The van der Waals surface area contributed by atoms with Crippen molar-refractivity contribution in [1.82, 2.24) is 15.2 Å². The van der Waals surface area contributed by atoms with Crippen LogP contribution < -0.4 is 10.6 Å². The van der Waals surface area contributed by atoms with Crippen molar-refractivity contribution in [2.75, 3.05) is 10.6 Å². The molecule has 1 aliphatic rings. The summed E-state index contributed by atoms with van der Waals surface area (Å²) in [4.78, 5) is 4.14. The molecular weight excluding hydrogens is 438 g/mol. The molecule has 0 bridgehead atoms.